The van der Waals surface area contributed by atoms with Crippen LogP contribution < -0.4 is 5.73 Å². The number of nitrogens with two attached hydrogens (primary N) is 1. The van der Waals surface area contributed by atoms with E-state index >= 15 is 0 Å². The number of hydrogen-bond acceptors (Lipinski definition) is 3. The van der Waals surface area contributed by atoms with E-state index in [1.807, 2.05) is 0 Å². The van der Waals surface area contributed by atoms with Crippen molar-refractivity contribution in [2.24, 2.45) is 11.7 Å². The Morgan fingerprint density at radius 2 is 1.95 bits per heavy atom. The molecule has 110 valence electrons. The molecule has 1 heterocycles. The lowest BCUT2D eigenvalue weighted by Crippen LogP contribution is -2.47. The SMILES string of the molecule is CCCN(C(=O)C1CCN(C)C1)C1CCC(N)CC1. The maximum atomic E-state index is 12.7. The molecule has 4 nitrogen and oxygen atoms in total. The van der Waals surface area contributed by atoms with Crippen molar-refractivity contribution >= 4 is 5.91 Å². The van der Waals surface area contributed by atoms with E-state index in [-0.39, 0.29) is 5.92 Å². The van der Waals surface area contributed by atoms with Gasteiger partial charge in [0.1, 0.15) is 0 Å². The molecule has 1 aliphatic heterocycles. The molecule has 1 aliphatic carbocycles. The first-order valence-corrected chi connectivity index (χ1v) is 7.86. The molecule has 1 saturated heterocycles. The molecule has 0 aromatic heterocycles. The highest BCUT2D eigenvalue weighted by Crippen LogP contribution is 2.26. The van der Waals surface area contributed by atoms with Crippen molar-refractivity contribution in [1.29, 1.82) is 0 Å². The average molecular weight is 267 g/mol. The molecule has 2 rings (SSSR count). The Morgan fingerprint density at radius 3 is 2.47 bits per heavy atom. The van der Waals surface area contributed by atoms with E-state index in [9.17, 15) is 4.79 Å². The number of amides is 1. The second-order valence-electron chi connectivity index (χ2n) is 6.35. The largest absolute Gasteiger partial charge is 0.339 e. The van der Waals surface area contributed by atoms with Gasteiger partial charge in [-0.2, -0.15) is 0 Å². The van der Waals surface area contributed by atoms with Gasteiger partial charge in [-0.15, -0.1) is 0 Å². The van der Waals surface area contributed by atoms with Gasteiger partial charge < -0.3 is 15.5 Å². The summed E-state index contributed by atoms with van der Waals surface area (Å²) in [5.74, 6) is 0.624. The van der Waals surface area contributed by atoms with Gasteiger partial charge in [-0.25, -0.2) is 0 Å². The molecular formula is C15H29N3O. The van der Waals surface area contributed by atoms with Gasteiger partial charge in [0.05, 0.1) is 5.92 Å². The normalized spacial score (nSPS) is 32.5. The van der Waals surface area contributed by atoms with Gasteiger partial charge in [-0.3, -0.25) is 4.79 Å². The molecular weight excluding hydrogens is 238 g/mol. The van der Waals surface area contributed by atoms with Crippen LogP contribution in [0.15, 0.2) is 0 Å². The summed E-state index contributed by atoms with van der Waals surface area (Å²) in [4.78, 5) is 17.2. The molecule has 0 aromatic carbocycles. The summed E-state index contributed by atoms with van der Waals surface area (Å²) < 4.78 is 0. The summed E-state index contributed by atoms with van der Waals surface area (Å²) >= 11 is 0. The van der Waals surface area contributed by atoms with Crippen LogP contribution in [0.25, 0.3) is 0 Å². The molecule has 0 aromatic rings. The summed E-state index contributed by atoms with van der Waals surface area (Å²) in [7, 11) is 2.11. The van der Waals surface area contributed by atoms with E-state index in [2.05, 4.69) is 23.8 Å². The third-order valence-electron chi connectivity index (χ3n) is 4.67. The van der Waals surface area contributed by atoms with Gasteiger partial charge in [0.2, 0.25) is 5.91 Å². The standard InChI is InChI=1S/C15H29N3O/c1-3-9-18(14-6-4-13(16)5-7-14)15(19)12-8-10-17(2)11-12/h12-14H,3-11,16H2,1-2H3. The number of hydrogen-bond donors (Lipinski definition) is 1. The molecule has 1 amide bonds. The molecule has 0 radical (unpaired) electrons. The van der Waals surface area contributed by atoms with E-state index < -0.39 is 0 Å². The minimum absolute atomic E-state index is 0.229. The summed E-state index contributed by atoms with van der Waals surface area (Å²) in [5, 5.41) is 0. The molecule has 2 N–H and O–H groups in total. The Kier molecular flexibility index (Phi) is 5.22. The summed E-state index contributed by atoms with van der Waals surface area (Å²) in [5.41, 5.74) is 5.98. The van der Waals surface area contributed by atoms with E-state index in [0.29, 0.717) is 18.0 Å². The van der Waals surface area contributed by atoms with Gasteiger partial charge in [0.25, 0.3) is 0 Å². The van der Waals surface area contributed by atoms with E-state index in [1.54, 1.807) is 0 Å². The Labute approximate surface area is 117 Å². The molecule has 19 heavy (non-hydrogen) atoms. The van der Waals surface area contributed by atoms with Crippen LogP contribution in [0.1, 0.15) is 45.4 Å². The zero-order chi connectivity index (χ0) is 13.8. The Bertz CT molecular complexity index is 300. The van der Waals surface area contributed by atoms with E-state index in [0.717, 1.165) is 58.2 Å². The monoisotopic (exact) mass is 267 g/mol. The van der Waals surface area contributed by atoms with Crippen molar-refractivity contribution in [2.75, 3.05) is 26.7 Å². The predicted molar refractivity (Wildman–Crippen MR) is 77.8 cm³/mol. The van der Waals surface area contributed by atoms with Crippen LogP contribution >= 0.6 is 0 Å². The van der Waals surface area contributed by atoms with Crippen LogP contribution in [0, 0.1) is 5.92 Å². The van der Waals surface area contributed by atoms with Crippen LogP contribution in [-0.2, 0) is 4.79 Å². The molecule has 2 fully saturated rings. The number of carbonyl (C=O) groups is 1. The Balaban J connectivity index is 1.96. The third-order valence-corrected chi connectivity index (χ3v) is 4.67. The van der Waals surface area contributed by atoms with Crippen molar-refractivity contribution in [1.82, 2.24) is 9.80 Å². The Morgan fingerprint density at radius 1 is 1.26 bits per heavy atom. The smallest absolute Gasteiger partial charge is 0.227 e. The molecule has 0 bridgehead atoms. The molecule has 4 heteroatoms. The summed E-state index contributed by atoms with van der Waals surface area (Å²) in [6.07, 6.45) is 6.41. The van der Waals surface area contributed by atoms with E-state index in [4.69, 9.17) is 5.73 Å². The maximum absolute atomic E-state index is 12.7. The highest BCUT2D eigenvalue weighted by atomic mass is 16.2. The summed E-state index contributed by atoms with van der Waals surface area (Å²) in [6, 6.07) is 0.797. The average Bonchev–Trinajstić information content (AvgIpc) is 2.83. The van der Waals surface area contributed by atoms with Crippen molar-refractivity contribution in [3.63, 3.8) is 0 Å². The van der Waals surface area contributed by atoms with Crippen LogP contribution in [0.5, 0.6) is 0 Å². The van der Waals surface area contributed by atoms with E-state index in [1.165, 1.54) is 0 Å². The topological polar surface area (TPSA) is 49.6 Å². The van der Waals surface area contributed by atoms with Gasteiger partial charge in [-0.1, -0.05) is 6.92 Å². The third kappa shape index (κ3) is 3.69. The minimum Gasteiger partial charge on any atom is -0.339 e. The zero-order valence-electron chi connectivity index (χ0n) is 12.5. The van der Waals surface area contributed by atoms with Gasteiger partial charge in [0.15, 0.2) is 0 Å². The second-order valence-corrected chi connectivity index (χ2v) is 6.35. The van der Waals surface area contributed by atoms with Crippen molar-refractivity contribution in [2.45, 2.75) is 57.5 Å². The van der Waals surface area contributed by atoms with Crippen molar-refractivity contribution in [3.05, 3.63) is 0 Å². The molecule has 1 unspecified atom stereocenters. The molecule has 2 aliphatic rings. The highest BCUT2D eigenvalue weighted by Gasteiger charge is 2.33. The highest BCUT2D eigenvalue weighted by molar-refractivity contribution is 5.79. The summed E-state index contributed by atoms with van der Waals surface area (Å²) in [6.45, 7) is 5.08. The molecule has 1 saturated carbocycles. The van der Waals surface area contributed by atoms with Gasteiger partial charge in [0, 0.05) is 25.2 Å². The first kappa shape index (κ1) is 14.8. The number of carbonyl (C=O) groups excluding carboxylic acids is 1. The maximum Gasteiger partial charge on any atom is 0.227 e. The lowest BCUT2D eigenvalue weighted by Gasteiger charge is -2.37. The first-order chi connectivity index (χ1) is 9.11. The van der Waals surface area contributed by atoms with Crippen LogP contribution in [-0.4, -0.2) is 54.5 Å². The number of nitrogens with zero attached hydrogens (tertiary/aromatic N) is 2. The fourth-order valence-corrected chi connectivity index (χ4v) is 3.50. The fourth-order valence-electron chi connectivity index (χ4n) is 3.50. The minimum atomic E-state index is 0.229. The zero-order valence-corrected chi connectivity index (χ0v) is 12.5. The van der Waals surface area contributed by atoms with Crippen LogP contribution in [0.2, 0.25) is 0 Å². The number of rotatable bonds is 4. The fraction of sp³-hybridized carbons (Fsp3) is 0.933. The van der Waals surface area contributed by atoms with Crippen molar-refractivity contribution in [3.8, 4) is 0 Å². The second kappa shape index (κ2) is 6.71. The first-order valence-electron chi connectivity index (χ1n) is 7.86. The quantitative estimate of drug-likeness (QED) is 0.838. The molecule has 0 spiro atoms. The predicted octanol–water partition coefficient (Wildman–Crippen LogP) is 1.45. The van der Waals surface area contributed by atoms with Crippen LogP contribution in [0.3, 0.4) is 0 Å². The van der Waals surface area contributed by atoms with Gasteiger partial charge >= 0.3 is 0 Å². The van der Waals surface area contributed by atoms with Crippen LogP contribution in [0.4, 0.5) is 0 Å². The lowest BCUT2D eigenvalue weighted by atomic mass is 9.90. The van der Waals surface area contributed by atoms with Crippen molar-refractivity contribution < 1.29 is 4.79 Å². The Hall–Kier alpha value is -0.610. The van der Waals surface area contributed by atoms with Gasteiger partial charge in [-0.05, 0) is 52.1 Å². The lowest BCUT2D eigenvalue weighted by molar-refractivity contribution is -0.138. The number of likely N-dealkylation sites (tertiary alicyclic amines) is 1. The molecule has 1 atom stereocenters.